The van der Waals surface area contributed by atoms with Crippen molar-refractivity contribution in [2.45, 2.75) is 39.2 Å². The Morgan fingerprint density at radius 2 is 1.68 bits per heavy atom. The Morgan fingerprint density at radius 3 is 2.25 bits per heavy atom. The van der Waals surface area contributed by atoms with Gasteiger partial charge in [0.05, 0.1) is 10.7 Å². The van der Waals surface area contributed by atoms with E-state index in [0.717, 1.165) is 65.4 Å². The quantitative estimate of drug-likeness (QED) is 0.743. The van der Waals surface area contributed by atoms with E-state index in [9.17, 15) is 4.79 Å². The topological polar surface area (TPSA) is 51.7 Å². The molecule has 0 unspecified atom stereocenters. The van der Waals surface area contributed by atoms with Crippen molar-refractivity contribution in [1.29, 1.82) is 0 Å². The highest BCUT2D eigenvalue weighted by molar-refractivity contribution is 7.09. The van der Waals surface area contributed by atoms with E-state index in [-0.39, 0.29) is 30.2 Å². The van der Waals surface area contributed by atoms with Crippen LogP contribution in [0.15, 0.2) is 5.38 Å². The van der Waals surface area contributed by atoms with Crippen molar-refractivity contribution < 1.29 is 4.79 Å². The zero-order valence-corrected chi connectivity index (χ0v) is 19.7. The SMILES string of the molecule is CC(C)(C)c1nc(CN2CCN(CCC(=O)N3CCNCC3)CC2)cs1.Cl.Cl. The van der Waals surface area contributed by atoms with Crippen LogP contribution in [0.4, 0.5) is 0 Å². The lowest BCUT2D eigenvalue weighted by atomic mass is 9.98. The van der Waals surface area contributed by atoms with Crippen LogP contribution in [-0.2, 0) is 16.8 Å². The number of halogens is 2. The maximum absolute atomic E-state index is 12.3. The van der Waals surface area contributed by atoms with Gasteiger partial charge in [-0.05, 0) is 0 Å². The first-order valence-corrected chi connectivity index (χ1v) is 10.7. The fraction of sp³-hybridized carbons (Fsp3) is 0.789. The van der Waals surface area contributed by atoms with Gasteiger partial charge in [0, 0.05) is 82.7 Å². The number of rotatable bonds is 5. The Morgan fingerprint density at radius 1 is 1.07 bits per heavy atom. The van der Waals surface area contributed by atoms with E-state index < -0.39 is 0 Å². The molecule has 0 spiro atoms. The number of hydrogen-bond donors (Lipinski definition) is 1. The molecule has 2 saturated heterocycles. The zero-order valence-electron chi connectivity index (χ0n) is 17.3. The number of carbonyl (C=O) groups is 1. The van der Waals surface area contributed by atoms with Crippen LogP contribution in [0.3, 0.4) is 0 Å². The molecule has 0 saturated carbocycles. The first kappa shape index (κ1) is 25.6. The van der Waals surface area contributed by atoms with Crippen LogP contribution in [0.2, 0.25) is 0 Å². The predicted octanol–water partition coefficient (Wildman–Crippen LogP) is 2.22. The van der Waals surface area contributed by atoms with Crippen molar-refractivity contribution in [3.8, 4) is 0 Å². The van der Waals surface area contributed by atoms with E-state index in [1.807, 2.05) is 4.90 Å². The van der Waals surface area contributed by atoms with E-state index in [4.69, 9.17) is 4.98 Å². The molecule has 2 aliphatic rings. The van der Waals surface area contributed by atoms with E-state index in [1.165, 1.54) is 10.7 Å². The summed E-state index contributed by atoms with van der Waals surface area (Å²) in [5.41, 5.74) is 1.33. The highest BCUT2D eigenvalue weighted by Crippen LogP contribution is 2.26. The summed E-state index contributed by atoms with van der Waals surface area (Å²) >= 11 is 1.78. The van der Waals surface area contributed by atoms with Gasteiger partial charge in [0.1, 0.15) is 0 Å². The summed E-state index contributed by atoms with van der Waals surface area (Å²) in [5.74, 6) is 0.311. The Balaban J connectivity index is 0.00000196. The van der Waals surface area contributed by atoms with Gasteiger partial charge in [-0.25, -0.2) is 4.98 Å². The normalized spacial score (nSPS) is 19.0. The summed E-state index contributed by atoms with van der Waals surface area (Å²) < 4.78 is 0. The van der Waals surface area contributed by atoms with Crippen molar-refractivity contribution in [3.63, 3.8) is 0 Å². The molecule has 6 nitrogen and oxygen atoms in total. The van der Waals surface area contributed by atoms with Gasteiger partial charge in [-0.2, -0.15) is 0 Å². The zero-order chi connectivity index (χ0) is 18.6. The van der Waals surface area contributed by atoms with Crippen molar-refractivity contribution in [1.82, 2.24) is 25.0 Å². The number of aromatic nitrogens is 1. The first-order valence-electron chi connectivity index (χ1n) is 9.80. The summed E-state index contributed by atoms with van der Waals surface area (Å²) in [6.07, 6.45) is 0.654. The average Bonchev–Trinajstić information content (AvgIpc) is 3.10. The minimum atomic E-state index is 0. The number of thiazole rings is 1. The molecule has 0 atom stereocenters. The van der Waals surface area contributed by atoms with Crippen LogP contribution in [0.25, 0.3) is 0 Å². The smallest absolute Gasteiger partial charge is 0.223 e. The number of hydrogen-bond acceptors (Lipinski definition) is 6. The fourth-order valence-electron chi connectivity index (χ4n) is 3.45. The van der Waals surface area contributed by atoms with Crippen LogP contribution >= 0.6 is 36.2 Å². The second-order valence-corrected chi connectivity index (χ2v) is 9.25. The summed E-state index contributed by atoms with van der Waals surface area (Å²) in [5, 5.41) is 6.72. The third kappa shape index (κ3) is 7.43. The Bertz CT molecular complexity index is 593. The number of nitrogens with one attached hydrogen (secondary N) is 1. The van der Waals surface area contributed by atoms with E-state index in [0.29, 0.717) is 12.3 Å². The van der Waals surface area contributed by atoms with Gasteiger partial charge >= 0.3 is 0 Å². The third-order valence-electron chi connectivity index (χ3n) is 5.16. The van der Waals surface area contributed by atoms with Gasteiger partial charge in [-0.3, -0.25) is 9.69 Å². The molecule has 0 bridgehead atoms. The molecule has 9 heteroatoms. The summed E-state index contributed by atoms with van der Waals surface area (Å²) in [6.45, 7) is 16.3. The molecule has 28 heavy (non-hydrogen) atoms. The maximum atomic E-state index is 12.3. The molecule has 162 valence electrons. The lowest BCUT2D eigenvalue weighted by Crippen LogP contribution is -2.49. The van der Waals surface area contributed by atoms with E-state index >= 15 is 0 Å². The number of amides is 1. The lowest BCUT2D eigenvalue weighted by molar-refractivity contribution is -0.132. The van der Waals surface area contributed by atoms with Crippen LogP contribution < -0.4 is 5.32 Å². The molecule has 0 radical (unpaired) electrons. The molecule has 1 aromatic heterocycles. The predicted molar refractivity (Wildman–Crippen MR) is 121 cm³/mol. The molecule has 3 heterocycles. The summed E-state index contributed by atoms with van der Waals surface area (Å²) in [7, 11) is 0. The van der Waals surface area contributed by atoms with Gasteiger partial charge in [-0.15, -0.1) is 36.2 Å². The minimum Gasteiger partial charge on any atom is -0.340 e. The molecule has 3 rings (SSSR count). The van der Waals surface area contributed by atoms with E-state index in [2.05, 4.69) is 41.3 Å². The van der Waals surface area contributed by atoms with Crippen LogP contribution in [0.5, 0.6) is 0 Å². The van der Waals surface area contributed by atoms with Gasteiger partial charge in [0.2, 0.25) is 5.91 Å². The Hall–Kier alpha value is -0.440. The third-order valence-corrected chi connectivity index (χ3v) is 6.47. The van der Waals surface area contributed by atoms with Crippen LogP contribution in [0.1, 0.15) is 37.9 Å². The standard InChI is InChI=1S/C19H33N5OS.2ClH/c1-19(2,3)18-21-16(15-26-18)14-23-12-10-22(11-13-23)7-4-17(25)24-8-5-20-6-9-24;;/h15,20H,4-14H2,1-3H3;2*1H. The first-order chi connectivity index (χ1) is 12.4. The average molecular weight is 452 g/mol. The van der Waals surface area contributed by atoms with Gasteiger partial charge in [0.25, 0.3) is 0 Å². The summed E-state index contributed by atoms with van der Waals surface area (Å²) in [6, 6.07) is 0. The highest BCUT2D eigenvalue weighted by atomic mass is 35.5. The molecule has 2 fully saturated rings. The number of carbonyl (C=O) groups excluding carboxylic acids is 1. The largest absolute Gasteiger partial charge is 0.340 e. The van der Waals surface area contributed by atoms with Crippen molar-refractivity contribution in [2.24, 2.45) is 0 Å². The van der Waals surface area contributed by atoms with Crippen LogP contribution in [0, 0.1) is 0 Å². The molecule has 2 aliphatic heterocycles. The number of nitrogens with zero attached hydrogens (tertiary/aromatic N) is 4. The highest BCUT2D eigenvalue weighted by Gasteiger charge is 2.22. The molecule has 1 aromatic rings. The van der Waals surface area contributed by atoms with Gasteiger partial charge in [0.15, 0.2) is 0 Å². The number of piperazine rings is 2. The summed E-state index contributed by atoms with van der Waals surface area (Å²) in [4.78, 5) is 24.0. The minimum absolute atomic E-state index is 0. The van der Waals surface area contributed by atoms with Crippen LogP contribution in [-0.4, -0.2) is 84.5 Å². The monoisotopic (exact) mass is 451 g/mol. The molecule has 0 aromatic carbocycles. The van der Waals surface area contributed by atoms with Crippen molar-refractivity contribution in [2.75, 3.05) is 58.9 Å². The Kier molecular flexibility index (Phi) is 10.7. The fourth-order valence-corrected chi connectivity index (χ4v) is 4.35. The van der Waals surface area contributed by atoms with E-state index in [1.54, 1.807) is 11.3 Å². The van der Waals surface area contributed by atoms with Gasteiger partial charge < -0.3 is 15.1 Å². The van der Waals surface area contributed by atoms with Gasteiger partial charge in [-0.1, -0.05) is 20.8 Å². The molecule has 1 amide bonds. The lowest BCUT2D eigenvalue weighted by Gasteiger charge is -2.35. The maximum Gasteiger partial charge on any atom is 0.223 e. The molecular formula is C19H35Cl2N5OS. The second kappa shape index (κ2) is 11.7. The van der Waals surface area contributed by atoms with Crippen molar-refractivity contribution >= 4 is 42.1 Å². The second-order valence-electron chi connectivity index (χ2n) is 8.39. The van der Waals surface area contributed by atoms with Crippen molar-refractivity contribution in [3.05, 3.63) is 16.1 Å². The Labute approximate surface area is 185 Å². The molecule has 0 aliphatic carbocycles. The molecular weight excluding hydrogens is 417 g/mol. The molecule has 1 N–H and O–H groups in total.